The first-order valence-electron chi connectivity index (χ1n) is 8.43. The summed E-state index contributed by atoms with van der Waals surface area (Å²) in [6, 6.07) is 12.6. The first kappa shape index (κ1) is 17.1. The van der Waals surface area contributed by atoms with Gasteiger partial charge in [-0.2, -0.15) is 5.26 Å². The van der Waals surface area contributed by atoms with Crippen LogP contribution in [0.3, 0.4) is 0 Å². The lowest BCUT2D eigenvalue weighted by Gasteiger charge is -2.26. The van der Waals surface area contributed by atoms with Crippen molar-refractivity contribution in [2.75, 3.05) is 26.2 Å². The molecule has 0 aliphatic carbocycles. The zero-order valence-electron chi connectivity index (χ0n) is 14.0. The molecule has 3 rings (SSSR count). The maximum atomic E-state index is 12.1. The average molecular weight is 339 g/mol. The van der Waals surface area contributed by atoms with E-state index in [1.807, 2.05) is 18.2 Å². The van der Waals surface area contributed by atoms with Gasteiger partial charge in [-0.1, -0.05) is 0 Å². The molecule has 1 saturated heterocycles. The predicted molar refractivity (Wildman–Crippen MR) is 91.9 cm³/mol. The summed E-state index contributed by atoms with van der Waals surface area (Å²) in [5, 5.41) is 11.7. The van der Waals surface area contributed by atoms with E-state index in [9.17, 15) is 4.79 Å². The van der Waals surface area contributed by atoms with Gasteiger partial charge in [-0.25, -0.2) is 0 Å². The molecule has 0 radical (unpaired) electrons. The molecule has 0 spiro atoms. The number of hydrogen-bond acceptors (Lipinski definition) is 5. The Morgan fingerprint density at radius 3 is 2.68 bits per heavy atom. The number of rotatable bonds is 7. The topological polar surface area (TPSA) is 78.5 Å². The summed E-state index contributed by atoms with van der Waals surface area (Å²) in [5.74, 6) is 1.26. The molecular formula is C19H21N3O3. The van der Waals surface area contributed by atoms with Gasteiger partial charge in [0.1, 0.15) is 11.5 Å². The van der Waals surface area contributed by atoms with E-state index in [2.05, 4.69) is 10.2 Å². The van der Waals surface area contributed by atoms with Crippen LogP contribution in [0.4, 0.5) is 0 Å². The molecule has 0 bridgehead atoms. The smallest absolute Gasteiger partial charge is 0.258 e. The number of hydrogen-bond donors (Lipinski definition) is 1. The van der Waals surface area contributed by atoms with E-state index >= 15 is 0 Å². The lowest BCUT2D eigenvalue weighted by molar-refractivity contribution is -0.123. The second-order valence-electron chi connectivity index (χ2n) is 6.00. The highest BCUT2D eigenvalue weighted by Gasteiger charge is 2.25. The van der Waals surface area contributed by atoms with Crippen molar-refractivity contribution in [2.24, 2.45) is 0 Å². The van der Waals surface area contributed by atoms with Gasteiger partial charge in [0, 0.05) is 6.54 Å². The minimum atomic E-state index is -0.180. The fraction of sp³-hybridized carbons (Fsp3) is 0.368. The molecule has 6 nitrogen and oxygen atoms in total. The van der Waals surface area contributed by atoms with E-state index in [-0.39, 0.29) is 18.6 Å². The van der Waals surface area contributed by atoms with E-state index < -0.39 is 0 Å². The molecule has 25 heavy (non-hydrogen) atoms. The van der Waals surface area contributed by atoms with Gasteiger partial charge in [0.25, 0.3) is 5.91 Å². The van der Waals surface area contributed by atoms with Gasteiger partial charge in [0.15, 0.2) is 6.61 Å². The van der Waals surface area contributed by atoms with Crippen molar-refractivity contribution in [1.82, 2.24) is 10.2 Å². The van der Waals surface area contributed by atoms with Crippen LogP contribution >= 0.6 is 0 Å². The van der Waals surface area contributed by atoms with Crippen molar-refractivity contribution in [3.63, 3.8) is 0 Å². The van der Waals surface area contributed by atoms with E-state index in [1.165, 1.54) is 12.8 Å². The Labute approximate surface area is 147 Å². The third kappa shape index (κ3) is 4.61. The molecule has 1 aromatic carbocycles. The molecule has 2 heterocycles. The van der Waals surface area contributed by atoms with Crippen molar-refractivity contribution in [3.8, 4) is 11.8 Å². The Hall–Kier alpha value is -2.78. The lowest BCUT2D eigenvalue weighted by Crippen LogP contribution is -2.38. The van der Waals surface area contributed by atoms with Crippen molar-refractivity contribution >= 4 is 5.91 Å². The van der Waals surface area contributed by atoms with Crippen LogP contribution in [0.2, 0.25) is 0 Å². The van der Waals surface area contributed by atoms with Crippen molar-refractivity contribution < 1.29 is 13.9 Å². The number of furan rings is 1. The number of nitrogens with one attached hydrogen (secondary N) is 1. The molecule has 130 valence electrons. The van der Waals surface area contributed by atoms with Crippen LogP contribution < -0.4 is 10.1 Å². The van der Waals surface area contributed by atoms with Gasteiger partial charge in [-0.05, 0) is 62.3 Å². The quantitative estimate of drug-likeness (QED) is 0.838. The Morgan fingerprint density at radius 2 is 2.04 bits per heavy atom. The molecule has 1 atom stereocenters. The molecule has 1 amide bonds. The zero-order chi connectivity index (χ0) is 17.5. The zero-order valence-corrected chi connectivity index (χ0v) is 14.0. The van der Waals surface area contributed by atoms with Gasteiger partial charge in [-0.3, -0.25) is 9.69 Å². The predicted octanol–water partition coefficient (Wildman–Crippen LogP) is 2.48. The number of carbonyl (C=O) groups is 1. The summed E-state index contributed by atoms with van der Waals surface area (Å²) in [6.07, 6.45) is 4.01. The third-order valence-corrected chi connectivity index (χ3v) is 4.30. The molecule has 6 heteroatoms. The van der Waals surface area contributed by atoms with Gasteiger partial charge in [-0.15, -0.1) is 0 Å². The van der Waals surface area contributed by atoms with Crippen LogP contribution in [0.25, 0.3) is 0 Å². The molecule has 1 aliphatic heterocycles. The van der Waals surface area contributed by atoms with Crippen molar-refractivity contribution in [1.29, 1.82) is 5.26 Å². The molecule has 0 saturated carbocycles. The molecule has 1 aliphatic rings. The number of nitriles is 1. The maximum absolute atomic E-state index is 12.1. The average Bonchev–Trinajstić information content (AvgIpc) is 3.35. The standard InChI is InChI=1S/C19H21N3O3/c20-12-15-5-7-16(8-6-15)25-14-19(23)21-13-17(18-4-3-11-24-18)22-9-1-2-10-22/h3-8,11,17H,1-2,9-10,13-14H2,(H,21,23)/t17-/m1/s1. The summed E-state index contributed by atoms with van der Waals surface area (Å²) < 4.78 is 11.0. The second kappa shape index (κ2) is 8.36. The van der Waals surface area contributed by atoms with E-state index in [0.717, 1.165) is 18.8 Å². The highest BCUT2D eigenvalue weighted by Crippen LogP contribution is 2.24. The number of carbonyl (C=O) groups excluding carboxylic acids is 1. The molecular weight excluding hydrogens is 318 g/mol. The largest absolute Gasteiger partial charge is 0.484 e. The fourth-order valence-corrected chi connectivity index (χ4v) is 2.98. The van der Waals surface area contributed by atoms with Crippen LogP contribution in [-0.4, -0.2) is 37.0 Å². The van der Waals surface area contributed by atoms with Gasteiger partial charge in [0.2, 0.25) is 0 Å². The van der Waals surface area contributed by atoms with Crippen molar-refractivity contribution in [3.05, 3.63) is 54.0 Å². The summed E-state index contributed by atoms with van der Waals surface area (Å²) in [5.41, 5.74) is 0.559. The highest BCUT2D eigenvalue weighted by atomic mass is 16.5. The van der Waals surface area contributed by atoms with Gasteiger partial charge in [0.05, 0.1) is 23.9 Å². The third-order valence-electron chi connectivity index (χ3n) is 4.30. The Bertz CT molecular complexity index is 713. The molecule has 1 aromatic heterocycles. The first-order chi connectivity index (χ1) is 12.3. The van der Waals surface area contributed by atoms with Crippen LogP contribution in [0.5, 0.6) is 5.75 Å². The Kier molecular flexibility index (Phi) is 5.70. The lowest BCUT2D eigenvalue weighted by atomic mass is 10.2. The number of ether oxygens (including phenoxy) is 1. The molecule has 0 unspecified atom stereocenters. The first-order valence-corrected chi connectivity index (χ1v) is 8.43. The molecule has 1 N–H and O–H groups in total. The van der Waals surface area contributed by atoms with E-state index in [0.29, 0.717) is 17.9 Å². The van der Waals surface area contributed by atoms with E-state index in [4.69, 9.17) is 14.4 Å². The summed E-state index contributed by atoms with van der Waals surface area (Å²) in [7, 11) is 0. The number of likely N-dealkylation sites (tertiary alicyclic amines) is 1. The van der Waals surface area contributed by atoms with Crippen LogP contribution in [-0.2, 0) is 4.79 Å². The van der Waals surface area contributed by atoms with Crippen LogP contribution in [0.15, 0.2) is 47.1 Å². The summed E-state index contributed by atoms with van der Waals surface area (Å²) in [6.45, 7) is 2.46. The number of benzene rings is 1. The fourth-order valence-electron chi connectivity index (χ4n) is 2.98. The monoisotopic (exact) mass is 339 g/mol. The number of amides is 1. The van der Waals surface area contributed by atoms with Crippen LogP contribution in [0.1, 0.15) is 30.2 Å². The second-order valence-corrected chi connectivity index (χ2v) is 6.00. The minimum absolute atomic E-state index is 0.0522. The van der Waals surface area contributed by atoms with Gasteiger partial charge < -0.3 is 14.5 Å². The van der Waals surface area contributed by atoms with Gasteiger partial charge >= 0.3 is 0 Å². The Balaban J connectivity index is 1.50. The summed E-state index contributed by atoms with van der Waals surface area (Å²) in [4.78, 5) is 14.4. The van der Waals surface area contributed by atoms with E-state index in [1.54, 1.807) is 30.5 Å². The maximum Gasteiger partial charge on any atom is 0.258 e. The normalized spacial score (nSPS) is 15.5. The minimum Gasteiger partial charge on any atom is -0.484 e. The number of nitrogens with zero attached hydrogens (tertiary/aromatic N) is 2. The SMILES string of the molecule is N#Cc1ccc(OCC(=O)NC[C@H](c2ccco2)N2CCCC2)cc1. The van der Waals surface area contributed by atoms with Crippen LogP contribution in [0, 0.1) is 11.3 Å². The molecule has 1 fully saturated rings. The van der Waals surface area contributed by atoms with Crippen molar-refractivity contribution in [2.45, 2.75) is 18.9 Å². The Morgan fingerprint density at radius 1 is 1.28 bits per heavy atom. The molecule has 2 aromatic rings. The highest BCUT2D eigenvalue weighted by molar-refractivity contribution is 5.77. The summed E-state index contributed by atoms with van der Waals surface area (Å²) >= 11 is 0.